The van der Waals surface area contributed by atoms with Crippen LogP contribution in [0.25, 0.3) is 0 Å². The molecule has 2 N–H and O–H groups in total. The molecule has 0 aliphatic carbocycles. The summed E-state index contributed by atoms with van der Waals surface area (Å²) in [5.41, 5.74) is 5.32. The maximum absolute atomic E-state index is 11.5. The van der Waals surface area contributed by atoms with Crippen molar-refractivity contribution in [2.75, 3.05) is 13.2 Å². The molecule has 0 amide bonds. The summed E-state index contributed by atoms with van der Waals surface area (Å²) in [6, 6.07) is 9.46. The van der Waals surface area contributed by atoms with E-state index in [0.29, 0.717) is 6.61 Å². The van der Waals surface area contributed by atoms with Crippen molar-refractivity contribution in [2.24, 2.45) is 5.73 Å². The Balaban J connectivity index is 0.00000484. The zero-order valence-corrected chi connectivity index (χ0v) is 14.9. The summed E-state index contributed by atoms with van der Waals surface area (Å²) in [7, 11) is 0. The number of para-hydroxylation sites is 1. The lowest BCUT2D eigenvalue weighted by molar-refractivity contribution is -0.156. The molecule has 132 valence electrons. The largest absolute Gasteiger partial charge is 0.484 e. The van der Waals surface area contributed by atoms with Gasteiger partial charge in [-0.2, -0.15) is 0 Å². The number of rotatable bonds is 10. The van der Waals surface area contributed by atoms with Crippen LogP contribution in [0, 0.1) is 0 Å². The van der Waals surface area contributed by atoms with Crippen LogP contribution >= 0.6 is 12.4 Å². The summed E-state index contributed by atoms with van der Waals surface area (Å²) >= 11 is 0. The van der Waals surface area contributed by atoms with Crippen LogP contribution in [0.3, 0.4) is 0 Å². The SMILES string of the molecule is CCCO[C@@H](CC)[C@@H](Oc1ccccc1)[C@H](C)OC(=O)CN.Cl. The molecule has 0 aromatic heterocycles. The highest BCUT2D eigenvalue weighted by Crippen LogP contribution is 2.20. The molecule has 0 aliphatic rings. The van der Waals surface area contributed by atoms with Crippen molar-refractivity contribution >= 4 is 18.4 Å². The maximum Gasteiger partial charge on any atom is 0.320 e. The number of halogens is 1. The molecule has 3 atom stereocenters. The van der Waals surface area contributed by atoms with Crippen LogP contribution in [0.4, 0.5) is 0 Å². The third-order valence-electron chi connectivity index (χ3n) is 3.27. The van der Waals surface area contributed by atoms with Crippen LogP contribution in [0.5, 0.6) is 5.75 Å². The first-order valence-electron chi connectivity index (χ1n) is 7.85. The van der Waals surface area contributed by atoms with E-state index in [1.807, 2.05) is 37.3 Å². The number of hydrogen-bond acceptors (Lipinski definition) is 5. The van der Waals surface area contributed by atoms with Crippen molar-refractivity contribution in [1.82, 2.24) is 0 Å². The van der Waals surface area contributed by atoms with E-state index in [4.69, 9.17) is 19.9 Å². The van der Waals surface area contributed by atoms with Crippen molar-refractivity contribution in [3.05, 3.63) is 30.3 Å². The average molecular weight is 346 g/mol. The summed E-state index contributed by atoms with van der Waals surface area (Å²) in [5.74, 6) is 0.279. The van der Waals surface area contributed by atoms with Crippen LogP contribution in [-0.2, 0) is 14.3 Å². The molecule has 5 nitrogen and oxygen atoms in total. The van der Waals surface area contributed by atoms with E-state index in [1.165, 1.54) is 0 Å². The Labute approximate surface area is 144 Å². The number of carbonyl (C=O) groups is 1. The quantitative estimate of drug-likeness (QED) is 0.660. The Morgan fingerprint density at radius 3 is 2.39 bits per heavy atom. The first-order chi connectivity index (χ1) is 10.6. The van der Waals surface area contributed by atoms with E-state index in [-0.39, 0.29) is 31.2 Å². The minimum atomic E-state index is -0.446. The van der Waals surface area contributed by atoms with Gasteiger partial charge in [0.2, 0.25) is 0 Å². The smallest absolute Gasteiger partial charge is 0.320 e. The highest BCUT2D eigenvalue weighted by molar-refractivity contribution is 5.85. The van der Waals surface area contributed by atoms with E-state index >= 15 is 0 Å². The standard InChI is InChI=1S/C17H27NO4.ClH/c1-4-11-20-15(5-2)17(13(3)21-16(19)12-18)22-14-9-7-6-8-10-14;/h6-10,13,15,17H,4-5,11-12,18H2,1-3H3;1H/t13-,15-,17-;/m0./s1. The van der Waals surface area contributed by atoms with Gasteiger partial charge in [-0.1, -0.05) is 32.0 Å². The van der Waals surface area contributed by atoms with E-state index in [1.54, 1.807) is 6.92 Å². The first-order valence-corrected chi connectivity index (χ1v) is 7.85. The Morgan fingerprint density at radius 2 is 1.87 bits per heavy atom. The monoisotopic (exact) mass is 345 g/mol. The van der Waals surface area contributed by atoms with Crippen molar-refractivity contribution in [3.8, 4) is 5.75 Å². The molecule has 0 bridgehead atoms. The molecular weight excluding hydrogens is 318 g/mol. The molecule has 0 saturated heterocycles. The molecule has 0 heterocycles. The van der Waals surface area contributed by atoms with Gasteiger partial charge in [0.1, 0.15) is 11.9 Å². The predicted octanol–water partition coefficient (Wildman–Crippen LogP) is 2.95. The molecule has 23 heavy (non-hydrogen) atoms. The van der Waals surface area contributed by atoms with Gasteiger partial charge in [-0.25, -0.2) is 0 Å². The molecule has 0 fully saturated rings. The van der Waals surface area contributed by atoms with Gasteiger partial charge in [0.05, 0.1) is 12.6 Å². The van der Waals surface area contributed by atoms with E-state index < -0.39 is 12.1 Å². The van der Waals surface area contributed by atoms with Crippen molar-refractivity contribution in [3.63, 3.8) is 0 Å². The molecular formula is C17H28ClNO4. The minimum absolute atomic E-state index is 0. The third kappa shape index (κ3) is 7.68. The lowest BCUT2D eigenvalue weighted by atomic mass is 10.1. The second-order valence-corrected chi connectivity index (χ2v) is 5.11. The first kappa shape index (κ1) is 21.7. The van der Waals surface area contributed by atoms with Gasteiger partial charge in [0, 0.05) is 6.61 Å². The van der Waals surface area contributed by atoms with Gasteiger partial charge in [-0.05, 0) is 31.9 Å². The van der Waals surface area contributed by atoms with Crippen molar-refractivity contribution in [2.45, 2.75) is 51.9 Å². The number of ether oxygens (including phenoxy) is 3. The molecule has 6 heteroatoms. The Morgan fingerprint density at radius 1 is 1.22 bits per heavy atom. The molecule has 1 rings (SSSR count). The number of carbonyl (C=O) groups excluding carboxylic acids is 1. The molecule has 0 spiro atoms. The average Bonchev–Trinajstić information content (AvgIpc) is 2.55. The molecule has 1 aromatic carbocycles. The predicted molar refractivity (Wildman–Crippen MR) is 93.0 cm³/mol. The van der Waals surface area contributed by atoms with Gasteiger partial charge in [-0.3, -0.25) is 4.79 Å². The van der Waals surface area contributed by atoms with Crippen molar-refractivity contribution < 1.29 is 19.0 Å². The van der Waals surface area contributed by atoms with Gasteiger partial charge < -0.3 is 19.9 Å². The van der Waals surface area contributed by atoms with Crippen molar-refractivity contribution in [1.29, 1.82) is 0 Å². The lowest BCUT2D eigenvalue weighted by Gasteiger charge is -2.31. The Bertz CT molecular complexity index is 430. The fourth-order valence-electron chi connectivity index (χ4n) is 2.17. The zero-order chi connectivity index (χ0) is 16.4. The fourth-order valence-corrected chi connectivity index (χ4v) is 2.17. The number of hydrogen-bond donors (Lipinski definition) is 1. The molecule has 0 aliphatic heterocycles. The summed E-state index contributed by atoms with van der Waals surface area (Å²) in [4.78, 5) is 11.5. The highest BCUT2D eigenvalue weighted by Gasteiger charge is 2.31. The summed E-state index contributed by atoms with van der Waals surface area (Å²) in [6.07, 6.45) is 0.710. The number of esters is 1. The van der Waals surface area contributed by atoms with E-state index in [9.17, 15) is 4.79 Å². The summed E-state index contributed by atoms with van der Waals surface area (Å²) in [5, 5.41) is 0. The van der Waals surface area contributed by atoms with Gasteiger partial charge >= 0.3 is 5.97 Å². The van der Waals surface area contributed by atoms with Crippen LogP contribution in [-0.4, -0.2) is 37.4 Å². The Kier molecular flexibility index (Phi) is 11.5. The second-order valence-electron chi connectivity index (χ2n) is 5.11. The summed E-state index contributed by atoms with van der Waals surface area (Å²) in [6.45, 7) is 6.38. The molecule has 0 saturated carbocycles. The number of benzene rings is 1. The van der Waals surface area contributed by atoms with Crippen LogP contribution in [0.2, 0.25) is 0 Å². The van der Waals surface area contributed by atoms with Crippen LogP contribution in [0.15, 0.2) is 30.3 Å². The topological polar surface area (TPSA) is 70.8 Å². The second kappa shape index (κ2) is 12.2. The van der Waals surface area contributed by atoms with Gasteiger partial charge in [0.25, 0.3) is 0 Å². The lowest BCUT2D eigenvalue weighted by Crippen LogP contribution is -2.44. The normalized spacial score (nSPS) is 14.3. The minimum Gasteiger partial charge on any atom is -0.484 e. The van der Waals surface area contributed by atoms with E-state index in [0.717, 1.165) is 18.6 Å². The third-order valence-corrected chi connectivity index (χ3v) is 3.27. The molecule has 1 aromatic rings. The van der Waals surface area contributed by atoms with Crippen LogP contribution in [0.1, 0.15) is 33.6 Å². The fraction of sp³-hybridized carbons (Fsp3) is 0.588. The maximum atomic E-state index is 11.5. The van der Waals surface area contributed by atoms with Crippen LogP contribution < -0.4 is 10.5 Å². The molecule has 0 unspecified atom stereocenters. The van der Waals surface area contributed by atoms with Gasteiger partial charge in [-0.15, -0.1) is 12.4 Å². The summed E-state index contributed by atoms with van der Waals surface area (Å²) < 4.78 is 17.2. The Hall–Kier alpha value is -1.30. The van der Waals surface area contributed by atoms with E-state index in [2.05, 4.69) is 6.92 Å². The molecule has 0 radical (unpaired) electrons. The zero-order valence-electron chi connectivity index (χ0n) is 14.1. The highest BCUT2D eigenvalue weighted by atomic mass is 35.5. The van der Waals surface area contributed by atoms with Gasteiger partial charge in [0.15, 0.2) is 6.10 Å². The number of nitrogens with two attached hydrogens (primary N) is 1.